The Labute approximate surface area is 162 Å². The van der Waals surface area contributed by atoms with E-state index >= 15 is 0 Å². The Bertz CT molecular complexity index is 843. The Kier molecular flexibility index (Phi) is 5.64. The fraction of sp³-hybridized carbons (Fsp3) is 0.412. The number of ether oxygens (including phenoxy) is 2. The Balaban J connectivity index is 1.86. The van der Waals surface area contributed by atoms with Crippen molar-refractivity contribution in [1.82, 2.24) is 4.98 Å². The molecule has 0 saturated carbocycles. The van der Waals surface area contributed by atoms with Gasteiger partial charge in [-0.2, -0.15) is 13.2 Å². The number of hydrogen-bond acceptors (Lipinski definition) is 6. The van der Waals surface area contributed by atoms with Gasteiger partial charge in [0, 0.05) is 0 Å². The molecule has 2 aromatic rings. The maximum Gasteiger partial charge on any atom is 0.416 e. The predicted octanol–water partition coefficient (Wildman–Crippen LogP) is 4.57. The highest BCUT2D eigenvalue weighted by Gasteiger charge is 2.34. The number of benzene rings is 1. The van der Waals surface area contributed by atoms with E-state index in [0.29, 0.717) is 17.3 Å². The van der Waals surface area contributed by atoms with Crippen molar-refractivity contribution in [1.29, 1.82) is 0 Å². The molecule has 1 aliphatic rings. The number of thiazole rings is 1. The Morgan fingerprint density at radius 2 is 2.19 bits per heavy atom. The van der Waals surface area contributed by atoms with Crippen molar-refractivity contribution in [2.75, 3.05) is 25.2 Å². The van der Waals surface area contributed by atoms with E-state index in [0.717, 1.165) is 23.5 Å². The average Bonchev–Trinajstić information content (AvgIpc) is 3.02. The van der Waals surface area contributed by atoms with Crippen LogP contribution in [0.3, 0.4) is 0 Å². The van der Waals surface area contributed by atoms with Gasteiger partial charge in [-0.25, -0.2) is 9.78 Å². The molecule has 5 nitrogen and oxygen atoms in total. The molecule has 0 N–H and O–H groups in total. The van der Waals surface area contributed by atoms with Crippen LogP contribution in [0, 0.1) is 0 Å². The molecular formula is C17H16ClF3N2O3S. The first-order valence-electron chi connectivity index (χ1n) is 8.00. The normalized spacial score (nSPS) is 20.6. The molecule has 0 aliphatic carbocycles. The second kappa shape index (κ2) is 7.65. The molecule has 0 amide bonds. The van der Waals surface area contributed by atoms with Gasteiger partial charge in [-0.1, -0.05) is 35.1 Å². The van der Waals surface area contributed by atoms with Crippen molar-refractivity contribution >= 4 is 34.0 Å². The molecule has 1 fully saturated rings. The van der Waals surface area contributed by atoms with Crippen molar-refractivity contribution in [3.05, 3.63) is 45.4 Å². The molecule has 146 valence electrons. The first kappa shape index (κ1) is 19.9. The van der Waals surface area contributed by atoms with Gasteiger partial charge in [0.1, 0.15) is 6.10 Å². The lowest BCUT2D eigenvalue weighted by atomic mass is 10.0. The fourth-order valence-corrected chi connectivity index (χ4v) is 4.08. The van der Waals surface area contributed by atoms with E-state index in [9.17, 15) is 18.0 Å². The topological polar surface area (TPSA) is 51.7 Å². The van der Waals surface area contributed by atoms with E-state index in [1.807, 2.05) is 11.8 Å². The molecule has 1 aliphatic heterocycles. The lowest BCUT2D eigenvalue weighted by Crippen LogP contribution is -2.45. The minimum Gasteiger partial charge on any atom is -0.465 e. The van der Waals surface area contributed by atoms with E-state index in [4.69, 9.17) is 16.3 Å². The Morgan fingerprint density at radius 3 is 2.85 bits per heavy atom. The van der Waals surface area contributed by atoms with Crippen molar-refractivity contribution in [3.63, 3.8) is 0 Å². The van der Waals surface area contributed by atoms with Gasteiger partial charge in [-0.15, -0.1) is 0 Å². The molecule has 3 rings (SSSR count). The average molecular weight is 421 g/mol. The summed E-state index contributed by atoms with van der Waals surface area (Å²) in [7, 11) is 1.25. The van der Waals surface area contributed by atoms with Crippen molar-refractivity contribution < 1.29 is 27.4 Å². The first-order chi connectivity index (χ1) is 12.7. The van der Waals surface area contributed by atoms with Gasteiger partial charge in [0.2, 0.25) is 0 Å². The summed E-state index contributed by atoms with van der Waals surface area (Å²) in [5.74, 6) is -0.584. The zero-order valence-corrected chi connectivity index (χ0v) is 16.0. The summed E-state index contributed by atoms with van der Waals surface area (Å²) in [6.45, 7) is 2.48. The Morgan fingerprint density at radius 1 is 1.44 bits per heavy atom. The summed E-state index contributed by atoms with van der Waals surface area (Å²) in [5, 5.41) is 0.532. The number of carbonyl (C=O) groups is 1. The monoisotopic (exact) mass is 420 g/mol. The van der Waals surface area contributed by atoms with E-state index in [2.05, 4.69) is 9.72 Å². The number of aromatic nitrogens is 1. The molecule has 2 atom stereocenters. The van der Waals surface area contributed by atoms with Gasteiger partial charge >= 0.3 is 12.1 Å². The van der Waals surface area contributed by atoms with Gasteiger partial charge in [0.15, 0.2) is 15.2 Å². The number of hydrogen-bond donors (Lipinski definition) is 0. The Hall–Kier alpha value is -1.84. The van der Waals surface area contributed by atoms with Gasteiger partial charge in [0.05, 0.1) is 31.9 Å². The van der Waals surface area contributed by atoms with Crippen LogP contribution in [0.4, 0.5) is 18.3 Å². The summed E-state index contributed by atoms with van der Waals surface area (Å²) in [6, 6.07) is 4.99. The highest BCUT2D eigenvalue weighted by Crippen LogP contribution is 2.36. The maximum atomic E-state index is 13.0. The quantitative estimate of drug-likeness (QED) is 0.681. The number of carbonyl (C=O) groups excluding carboxylic acids is 1. The molecule has 0 bridgehead atoms. The lowest BCUT2D eigenvalue weighted by molar-refractivity contribution is -0.137. The van der Waals surface area contributed by atoms with Gasteiger partial charge in [-0.05, 0) is 24.6 Å². The van der Waals surface area contributed by atoms with Crippen LogP contribution in [0.15, 0.2) is 24.3 Å². The number of morpholine rings is 1. The minimum absolute atomic E-state index is 0.0381. The van der Waals surface area contributed by atoms with Gasteiger partial charge in [0.25, 0.3) is 0 Å². The maximum absolute atomic E-state index is 13.0. The molecule has 2 heterocycles. The molecule has 0 spiro atoms. The van der Waals surface area contributed by atoms with Crippen molar-refractivity contribution in [3.8, 4) is 0 Å². The number of anilines is 1. The van der Waals surface area contributed by atoms with Crippen LogP contribution >= 0.6 is 22.9 Å². The molecule has 1 aromatic heterocycles. The molecule has 1 aromatic carbocycles. The molecular weight excluding hydrogens is 405 g/mol. The highest BCUT2D eigenvalue weighted by atomic mass is 35.5. The van der Waals surface area contributed by atoms with E-state index < -0.39 is 23.8 Å². The predicted molar refractivity (Wildman–Crippen MR) is 95.4 cm³/mol. The summed E-state index contributed by atoms with van der Waals surface area (Å²) >= 11 is 7.11. The van der Waals surface area contributed by atoms with E-state index in [1.165, 1.54) is 13.2 Å². The lowest BCUT2D eigenvalue weighted by Gasteiger charge is -2.38. The van der Waals surface area contributed by atoms with E-state index in [1.54, 1.807) is 6.07 Å². The smallest absolute Gasteiger partial charge is 0.416 e. The van der Waals surface area contributed by atoms with Crippen LogP contribution in [0.5, 0.6) is 0 Å². The molecule has 1 saturated heterocycles. The number of methoxy groups -OCH3 is 1. The summed E-state index contributed by atoms with van der Waals surface area (Å²) in [6.07, 6.45) is -4.98. The third-order valence-corrected chi connectivity index (χ3v) is 5.67. The standard InChI is InChI=1S/C17H16ClF3N2O3S/c1-9-8-26-12(10-4-3-5-11(6-10)17(19,20)21)7-23(9)16-22-14(18)13(27-16)15(24)25-2/h3-6,9,12H,7-8H2,1-2H3/t9-,12-/m1/s1. The largest absolute Gasteiger partial charge is 0.465 e. The number of nitrogens with zero attached hydrogens (tertiary/aromatic N) is 2. The van der Waals surface area contributed by atoms with Gasteiger partial charge in [-0.3, -0.25) is 0 Å². The van der Waals surface area contributed by atoms with Crippen LogP contribution < -0.4 is 4.90 Å². The van der Waals surface area contributed by atoms with Crippen LogP contribution in [-0.4, -0.2) is 37.3 Å². The number of alkyl halides is 3. The second-order valence-corrected chi connectivity index (χ2v) is 7.39. The summed E-state index contributed by atoms with van der Waals surface area (Å²) in [4.78, 5) is 18.0. The SMILES string of the molecule is COC(=O)c1sc(N2C[C@H](c3cccc(C(F)(F)F)c3)OC[C@H]2C)nc1Cl. The van der Waals surface area contributed by atoms with Gasteiger partial charge < -0.3 is 14.4 Å². The molecule has 10 heteroatoms. The minimum atomic E-state index is -4.42. The fourth-order valence-electron chi connectivity index (χ4n) is 2.77. The third kappa shape index (κ3) is 4.20. The number of esters is 1. The molecule has 0 radical (unpaired) electrons. The zero-order chi connectivity index (χ0) is 19.8. The number of rotatable bonds is 3. The molecule has 27 heavy (non-hydrogen) atoms. The third-order valence-electron chi connectivity index (χ3n) is 4.21. The van der Waals surface area contributed by atoms with Crippen molar-refractivity contribution in [2.45, 2.75) is 25.2 Å². The van der Waals surface area contributed by atoms with Crippen LogP contribution in [0.2, 0.25) is 5.15 Å². The highest BCUT2D eigenvalue weighted by molar-refractivity contribution is 7.18. The molecule has 0 unspecified atom stereocenters. The van der Waals surface area contributed by atoms with E-state index in [-0.39, 0.29) is 22.6 Å². The second-order valence-electron chi connectivity index (χ2n) is 6.05. The first-order valence-corrected chi connectivity index (χ1v) is 9.20. The van der Waals surface area contributed by atoms with Crippen molar-refractivity contribution in [2.24, 2.45) is 0 Å². The number of halogens is 4. The zero-order valence-electron chi connectivity index (χ0n) is 14.4. The summed E-state index contributed by atoms with van der Waals surface area (Å²) in [5.41, 5.74) is -0.295. The van der Waals surface area contributed by atoms with Crippen LogP contribution in [-0.2, 0) is 15.7 Å². The summed E-state index contributed by atoms with van der Waals surface area (Å²) < 4.78 is 49.4. The van der Waals surface area contributed by atoms with Crippen LogP contribution in [0.1, 0.15) is 33.8 Å². The van der Waals surface area contributed by atoms with Crippen LogP contribution in [0.25, 0.3) is 0 Å².